The van der Waals surface area contributed by atoms with Gasteiger partial charge in [-0.05, 0) is 40.9 Å². The van der Waals surface area contributed by atoms with Crippen molar-refractivity contribution in [1.29, 1.82) is 0 Å². The molecule has 0 aliphatic carbocycles. The number of halogens is 3. The SMILES string of the molecule is CC(Sc1nnnn1Cc1cccs1)C(=O)NCC(=O)Nc1ccc(F)c(F)c1F. The van der Waals surface area contributed by atoms with Crippen LogP contribution in [-0.2, 0) is 16.1 Å². The van der Waals surface area contributed by atoms with Gasteiger partial charge in [-0.2, -0.15) is 0 Å². The molecule has 158 valence electrons. The normalized spacial score (nSPS) is 11.9. The smallest absolute Gasteiger partial charge is 0.243 e. The van der Waals surface area contributed by atoms with Crippen molar-refractivity contribution in [3.05, 3.63) is 52.0 Å². The lowest BCUT2D eigenvalue weighted by atomic mass is 10.2. The number of amides is 2. The zero-order chi connectivity index (χ0) is 21.7. The number of benzene rings is 1. The van der Waals surface area contributed by atoms with Gasteiger partial charge < -0.3 is 10.6 Å². The molecule has 3 rings (SSSR count). The number of thioether (sulfide) groups is 1. The minimum atomic E-state index is -1.69. The molecule has 0 fully saturated rings. The molecule has 2 heterocycles. The summed E-state index contributed by atoms with van der Waals surface area (Å²) in [6.07, 6.45) is 0. The van der Waals surface area contributed by atoms with Crippen molar-refractivity contribution < 1.29 is 22.8 Å². The van der Waals surface area contributed by atoms with E-state index in [1.54, 1.807) is 22.9 Å². The summed E-state index contributed by atoms with van der Waals surface area (Å²) in [5, 5.41) is 17.6. The van der Waals surface area contributed by atoms with E-state index >= 15 is 0 Å². The van der Waals surface area contributed by atoms with Gasteiger partial charge in [-0.25, -0.2) is 17.9 Å². The predicted molar refractivity (Wildman–Crippen MR) is 105 cm³/mol. The van der Waals surface area contributed by atoms with Crippen LogP contribution >= 0.6 is 23.1 Å². The summed E-state index contributed by atoms with van der Waals surface area (Å²) in [7, 11) is 0. The third kappa shape index (κ3) is 5.36. The number of aromatic nitrogens is 4. The Morgan fingerprint density at radius 3 is 2.77 bits per heavy atom. The van der Waals surface area contributed by atoms with Crippen molar-refractivity contribution in [2.24, 2.45) is 0 Å². The largest absolute Gasteiger partial charge is 0.346 e. The molecule has 0 saturated carbocycles. The van der Waals surface area contributed by atoms with Crippen molar-refractivity contribution >= 4 is 40.6 Å². The molecule has 2 N–H and O–H groups in total. The van der Waals surface area contributed by atoms with Crippen LogP contribution in [0.25, 0.3) is 0 Å². The lowest BCUT2D eigenvalue weighted by Gasteiger charge is -2.12. The van der Waals surface area contributed by atoms with Gasteiger partial charge in [0.15, 0.2) is 17.5 Å². The second-order valence-electron chi connectivity index (χ2n) is 5.95. The average molecular weight is 456 g/mol. The van der Waals surface area contributed by atoms with Crippen LogP contribution in [0.1, 0.15) is 11.8 Å². The standard InChI is InChI=1S/C17H15F3N6O2S2/c1-9(30-17-23-24-25-26(17)8-10-3-2-6-29-10)16(28)21-7-13(27)22-12-5-4-11(18)14(19)15(12)20/h2-6,9H,7-8H2,1H3,(H,21,28)(H,22,27). The minimum absolute atomic E-state index is 0.430. The highest BCUT2D eigenvalue weighted by Gasteiger charge is 2.20. The Balaban J connectivity index is 1.51. The van der Waals surface area contributed by atoms with Gasteiger partial charge in [-0.3, -0.25) is 9.59 Å². The van der Waals surface area contributed by atoms with Crippen LogP contribution in [0.5, 0.6) is 0 Å². The molecule has 1 unspecified atom stereocenters. The van der Waals surface area contributed by atoms with Gasteiger partial charge in [0.2, 0.25) is 17.0 Å². The van der Waals surface area contributed by atoms with Gasteiger partial charge in [0.1, 0.15) is 0 Å². The lowest BCUT2D eigenvalue weighted by Crippen LogP contribution is -2.37. The maximum atomic E-state index is 13.6. The van der Waals surface area contributed by atoms with E-state index in [2.05, 4.69) is 26.2 Å². The van der Waals surface area contributed by atoms with Gasteiger partial charge >= 0.3 is 0 Å². The number of hydrogen-bond donors (Lipinski definition) is 2. The monoisotopic (exact) mass is 456 g/mol. The van der Waals surface area contributed by atoms with Crippen LogP contribution < -0.4 is 10.6 Å². The van der Waals surface area contributed by atoms with Crippen molar-refractivity contribution in [3.63, 3.8) is 0 Å². The molecule has 0 aliphatic heterocycles. The molecule has 30 heavy (non-hydrogen) atoms. The first kappa shape index (κ1) is 21.8. The van der Waals surface area contributed by atoms with Crippen LogP contribution in [-0.4, -0.2) is 43.8 Å². The highest BCUT2D eigenvalue weighted by molar-refractivity contribution is 8.00. The Labute approximate surface area is 176 Å². The topological polar surface area (TPSA) is 102 Å². The van der Waals surface area contributed by atoms with Crippen LogP contribution in [0, 0.1) is 17.5 Å². The molecule has 2 aromatic heterocycles. The number of tetrazole rings is 1. The van der Waals surface area contributed by atoms with E-state index < -0.39 is 46.7 Å². The van der Waals surface area contributed by atoms with E-state index in [0.29, 0.717) is 17.8 Å². The maximum absolute atomic E-state index is 13.6. The number of carbonyl (C=O) groups is 2. The highest BCUT2D eigenvalue weighted by atomic mass is 32.2. The lowest BCUT2D eigenvalue weighted by molar-refractivity contribution is -0.123. The van der Waals surface area contributed by atoms with E-state index in [9.17, 15) is 22.8 Å². The van der Waals surface area contributed by atoms with E-state index in [-0.39, 0.29) is 0 Å². The van der Waals surface area contributed by atoms with Gasteiger partial charge in [-0.1, -0.05) is 17.8 Å². The zero-order valence-corrected chi connectivity index (χ0v) is 17.1. The first-order valence-corrected chi connectivity index (χ1v) is 10.3. The molecule has 1 atom stereocenters. The van der Waals surface area contributed by atoms with Crippen molar-refractivity contribution in [2.45, 2.75) is 23.9 Å². The van der Waals surface area contributed by atoms with E-state index in [4.69, 9.17) is 0 Å². The first-order chi connectivity index (χ1) is 14.3. The quantitative estimate of drug-likeness (QED) is 0.399. The molecule has 0 aliphatic rings. The van der Waals surface area contributed by atoms with Gasteiger partial charge in [0.25, 0.3) is 0 Å². The Kier molecular flexibility index (Phi) is 7.05. The molecular formula is C17H15F3N6O2S2. The fraction of sp³-hybridized carbons (Fsp3) is 0.235. The minimum Gasteiger partial charge on any atom is -0.346 e. The van der Waals surface area contributed by atoms with Gasteiger partial charge in [0.05, 0.1) is 24.0 Å². The number of nitrogens with zero attached hydrogens (tertiary/aromatic N) is 4. The number of rotatable bonds is 8. The molecule has 0 bridgehead atoms. The van der Waals surface area contributed by atoms with Crippen molar-refractivity contribution in [2.75, 3.05) is 11.9 Å². The Morgan fingerprint density at radius 1 is 1.23 bits per heavy atom. The summed E-state index contributed by atoms with van der Waals surface area (Å²) in [6.45, 7) is 1.59. The number of nitrogens with one attached hydrogen (secondary N) is 2. The summed E-state index contributed by atoms with van der Waals surface area (Å²) in [6, 6.07) is 5.42. The number of hydrogen-bond acceptors (Lipinski definition) is 7. The second-order valence-corrected chi connectivity index (χ2v) is 8.29. The predicted octanol–water partition coefficient (Wildman–Crippen LogP) is 2.44. The third-order valence-electron chi connectivity index (χ3n) is 3.77. The number of thiophene rings is 1. The van der Waals surface area contributed by atoms with Gasteiger partial charge in [-0.15, -0.1) is 16.4 Å². The zero-order valence-electron chi connectivity index (χ0n) is 15.4. The third-order valence-corrected chi connectivity index (χ3v) is 5.70. The van der Waals surface area contributed by atoms with E-state index in [1.165, 1.54) is 0 Å². The van der Waals surface area contributed by atoms with E-state index in [0.717, 1.165) is 22.7 Å². The Bertz CT molecular complexity index is 1040. The number of carbonyl (C=O) groups excluding carboxylic acids is 2. The van der Waals surface area contributed by atoms with Crippen LogP contribution in [0.15, 0.2) is 34.8 Å². The Morgan fingerprint density at radius 2 is 2.03 bits per heavy atom. The summed E-state index contributed by atoms with van der Waals surface area (Å²) in [5.74, 6) is -5.86. The molecule has 0 radical (unpaired) electrons. The fourth-order valence-electron chi connectivity index (χ4n) is 2.27. The van der Waals surface area contributed by atoms with E-state index in [1.807, 2.05) is 17.5 Å². The summed E-state index contributed by atoms with van der Waals surface area (Å²) >= 11 is 2.65. The van der Waals surface area contributed by atoms with Crippen LogP contribution in [0.3, 0.4) is 0 Å². The summed E-state index contributed by atoms with van der Waals surface area (Å²) in [5.41, 5.74) is -0.525. The maximum Gasteiger partial charge on any atom is 0.243 e. The van der Waals surface area contributed by atoms with Crippen LogP contribution in [0.2, 0.25) is 0 Å². The molecular weight excluding hydrogens is 441 g/mol. The molecule has 13 heteroatoms. The molecule has 8 nitrogen and oxygen atoms in total. The van der Waals surface area contributed by atoms with Gasteiger partial charge in [0, 0.05) is 4.88 Å². The molecule has 1 aromatic carbocycles. The average Bonchev–Trinajstić information content (AvgIpc) is 3.39. The first-order valence-electron chi connectivity index (χ1n) is 8.51. The van der Waals surface area contributed by atoms with Crippen molar-refractivity contribution in [1.82, 2.24) is 25.5 Å². The fourth-order valence-corrected chi connectivity index (χ4v) is 3.77. The highest BCUT2D eigenvalue weighted by Crippen LogP contribution is 2.22. The summed E-state index contributed by atoms with van der Waals surface area (Å²) in [4.78, 5) is 25.2. The molecule has 0 saturated heterocycles. The number of anilines is 1. The molecule has 3 aromatic rings. The molecule has 2 amide bonds. The second kappa shape index (κ2) is 9.71. The van der Waals surface area contributed by atoms with Crippen LogP contribution in [0.4, 0.5) is 18.9 Å². The Hall–Kier alpha value is -2.93. The van der Waals surface area contributed by atoms with Crippen molar-refractivity contribution in [3.8, 4) is 0 Å². The summed E-state index contributed by atoms with van der Waals surface area (Å²) < 4.78 is 41.3. The molecule has 0 spiro atoms.